The van der Waals surface area contributed by atoms with E-state index in [9.17, 15) is 4.79 Å². The molecule has 0 spiro atoms. The maximum absolute atomic E-state index is 12.0. The molecule has 0 saturated carbocycles. The first kappa shape index (κ1) is 21.1. The van der Waals surface area contributed by atoms with Crippen LogP contribution in [0.15, 0.2) is 27.8 Å². The molecule has 1 aliphatic heterocycles. The third-order valence-electron chi connectivity index (χ3n) is 4.37. The highest BCUT2D eigenvalue weighted by atomic mass is 16.6. The lowest BCUT2D eigenvalue weighted by Gasteiger charge is -2.27. The minimum Gasteiger partial charge on any atom is -0.468 e. The molecule has 2 rings (SSSR count). The summed E-state index contributed by atoms with van der Waals surface area (Å²) in [4.78, 5) is 20.6. The van der Waals surface area contributed by atoms with Gasteiger partial charge in [-0.15, -0.1) is 0 Å². The number of furan rings is 1. The van der Waals surface area contributed by atoms with Crippen LogP contribution in [0.4, 0.5) is 4.79 Å². The second kappa shape index (κ2) is 9.12. The number of nitrogens with zero attached hydrogens (tertiary/aromatic N) is 3. The summed E-state index contributed by atoms with van der Waals surface area (Å²) in [7, 11) is 5.82. The first-order chi connectivity index (χ1) is 12.7. The van der Waals surface area contributed by atoms with Crippen LogP contribution in [0.5, 0.6) is 0 Å². The Morgan fingerprint density at radius 3 is 2.78 bits per heavy atom. The number of amides is 1. The second-order valence-corrected chi connectivity index (χ2v) is 8.00. The first-order valence-corrected chi connectivity index (χ1v) is 9.34. The normalized spacial score (nSPS) is 19.3. The molecule has 0 bridgehead atoms. The minimum atomic E-state index is -0.493. The van der Waals surface area contributed by atoms with Gasteiger partial charge in [-0.1, -0.05) is 0 Å². The summed E-state index contributed by atoms with van der Waals surface area (Å²) in [6.07, 6.45) is 2.17. The number of likely N-dealkylation sites (N-methyl/N-ethyl adjacent to an activating group) is 1. The largest absolute Gasteiger partial charge is 0.468 e. The van der Waals surface area contributed by atoms with E-state index in [0.717, 1.165) is 24.7 Å². The van der Waals surface area contributed by atoms with E-state index in [2.05, 4.69) is 25.4 Å². The van der Waals surface area contributed by atoms with Gasteiger partial charge in [-0.2, -0.15) is 0 Å². The molecule has 1 amide bonds. The van der Waals surface area contributed by atoms with Gasteiger partial charge in [-0.3, -0.25) is 9.89 Å². The standard InChI is InChI=1S/C19H33N5O3/c1-19(2,3)27-18(25)22-14-9-10-24(13-14)17(20-4)21-12-15(23(5)6)16-8-7-11-26-16/h7-8,11,14-15H,9-10,12-13H2,1-6H3,(H,20,21)(H,22,25). The topological polar surface area (TPSA) is 82.3 Å². The monoisotopic (exact) mass is 379 g/mol. The zero-order valence-corrected chi connectivity index (χ0v) is 17.3. The highest BCUT2D eigenvalue weighted by Gasteiger charge is 2.28. The van der Waals surface area contributed by atoms with Gasteiger partial charge in [0.15, 0.2) is 5.96 Å². The zero-order valence-electron chi connectivity index (χ0n) is 17.3. The van der Waals surface area contributed by atoms with E-state index in [1.807, 2.05) is 47.0 Å². The molecule has 2 atom stereocenters. The predicted octanol–water partition coefficient (Wildman–Crippen LogP) is 2.06. The summed E-state index contributed by atoms with van der Waals surface area (Å²) in [6, 6.07) is 4.03. The van der Waals surface area contributed by atoms with Crippen LogP contribution in [-0.2, 0) is 4.74 Å². The fourth-order valence-corrected chi connectivity index (χ4v) is 3.08. The van der Waals surface area contributed by atoms with Crippen LogP contribution in [0.3, 0.4) is 0 Å². The van der Waals surface area contributed by atoms with Crippen LogP contribution in [0.2, 0.25) is 0 Å². The summed E-state index contributed by atoms with van der Waals surface area (Å²) < 4.78 is 10.9. The number of aliphatic imine (C=N–C) groups is 1. The number of guanidine groups is 1. The number of ether oxygens (including phenoxy) is 1. The fraction of sp³-hybridized carbons (Fsp3) is 0.684. The van der Waals surface area contributed by atoms with E-state index in [4.69, 9.17) is 9.15 Å². The van der Waals surface area contributed by atoms with Crippen LogP contribution in [0, 0.1) is 0 Å². The number of rotatable bonds is 5. The van der Waals surface area contributed by atoms with Crippen LogP contribution in [0.25, 0.3) is 0 Å². The van der Waals surface area contributed by atoms with Crippen molar-refractivity contribution in [2.45, 2.75) is 44.9 Å². The Bertz CT molecular complexity index is 622. The molecule has 1 fully saturated rings. The molecule has 8 heteroatoms. The molecule has 1 saturated heterocycles. The smallest absolute Gasteiger partial charge is 0.407 e. The van der Waals surface area contributed by atoms with Crippen molar-refractivity contribution in [1.82, 2.24) is 20.4 Å². The van der Waals surface area contributed by atoms with Crippen molar-refractivity contribution in [3.05, 3.63) is 24.2 Å². The van der Waals surface area contributed by atoms with Crippen LogP contribution >= 0.6 is 0 Å². The lowest BCUT2D eigenvalue weighted by atomic mass is 10.2. The lowest BCUT2D eigenvalue weighted by molar-refractivity contribution is 0.0507. The Morgan fingerprint density at radius 2 is 2.22 bits per heavy atom. The number of hydrogen-bond acceptors (Lipinski definition) is 5. The number of carbonyl (C=O) groups is 1. The van der Waals surface area contributed by atoms with Gasteiger partial charge in [0, 0.05) is 26.7 Å². The van der Waals surface area contributed by atoms with E-state index in [1.165, 1.54) is 0 Å². The molecule has 2 N–H and O–H groups in total. The maximum Gasteiger partial charge on any atom is 0.407 e. The second-order valence-electron chi connectivity index (χ2n) is 8.00. The zero-order chi connectivity index (χ0) is 20.0. The highest BCUT2D eigenvalue weighted by Crippen LogP contribution is 2.18. The third-order valence-corrected chi connectivity index (χ3v) is 4.37. The van der Waals surface area contributed by atoms with Crippen LogP contribution in [0.1, 0.15) is 39.0 Å². The molecule has 1 aromatic rings. The molecule has 8 nitrogen and oxygen atoms in total. The highest BCUT2D eigenvalue weighted by molar-refractivity contribution is 5.80. The third kappa shape index (κ3) is 6.46. The van der Waals surface area contributed by atoms with Gasteiger partial charge in [-0.25, -0.2) is 4.79 Å². The van der Waals surface area contributed by atoms with Crippen molar-refractivity contribution in [1.29, 1.82) is 0 Å². The lowest BCUT2D eigenvalue weighted by Crippen LogP contribution is -2.45. The maximum atomic E-state index is 12.0. The number of alkyl carbamates (subject to hydrolysis) is 1. The Balaban J connectivity index is 1.86. The fourth-order valence-electron chi connectivity index (χ4n) is 3.08. The SMILES string of the molecule is CN=C(NCC(c1ccco1)N(C)C)N1CCC(NC(=O)OC(C)(C)C)C1. The van der Waals surface area contributed by atoms with Gasteiger partial charge in [0.1, 0.15) is 11.4 Å². The number of likely N-dealkylation sites (tertiary alicyclic amines) is 1. The van der Waals surface area contributed by atoms with Crippen molar-refractivity contribution in [3.8, 4) is 0 Å². The Hall–Kier alpha value is -2.22. The molecule has 152 valence electrons. The van der Waals surface area contributed by atoms with Gasteiger partial charge < -0.3 is 24.7 Å². The summed E-state index contributed by atoms with van der Waals surface area (Å²) in [5.41, 5.74) is -0.493. The number of nitrogens with one attached hydrogen (secondary N) is 2. The molecule has 0 radical (unpaired) electrons. The Labute approximate surface area is 161 Å². The van der Waals surface area contributed by atoms with Gasteiger partial charge >= 0.3 is 6.09 Å². The average Bonchev–Trinajstić information content (AvgIpc) is 3.21. The van der Waals surface area contributed by atoms with Crippen molar-refractivity contribution >= 4 is 12.1 Å². The molecule has 2 heterocycles. The molecular weight excluding hydrogens is 346 g/mol. The van der Waals surface area contributed by atoms with Gasteiger partial charge in [0.2, 0.25) is 0 Å². The Kier molecular flexibility index (Phi) is 7.12. The van der Waals surface area contributed by atoms with Crippen molar-refractivity contribution in [3.63, 3.8) is 0 Å². The van der Waals surface area contributed by atoms with Crippen LogP contribution in [-0.4, -0.2) is 74.3 Å². The van der Waals surface area contributed by atoms with E-state index in [-0.39, 0.29) is 18.2 Å². The molecule has 1 aliphatic rings. The van der Waals surface area contributed by atoms with Crippen molar-refractivity contribution in [2.24, 2.45) is 4.99 Å². The van der Waals surface area contributed by atoms with E-state index in [0.29, 0.717) is 13.1 Å². The molecular formula is C19H33N5O3. The Morgan fingerprint density at radius 1 is 1.48 bits per heavy atom. The molecule has 0 aromatic carbocycles. The average molecular weight is 380 g/mol. The number of hydrogen-bond donors (Lipinski definition) is 2. The molecule has 1 aromatic heterocycles. The summed E-state index contributed by atoms with van der Waals surface area (Å²) in [6.45, 7) is 7.78. The van der Waals surface area contributed by atoms with E-state index >= 15 is 0 Å². The summed E-state index contributed by atoms with van der Waals surface area (Å²) in [5.74, 6) is 1.73. The van der Waals surface area contributed by atoms with Crippen molar-refractivity contribution in [2.75, 3.05) is 40.8 Å². The summed E-state index contributed by atoms with van der Waals surface area (Å²) in [5, 5.41) is 6.36. The van der Waals surface area contributed by atoms with Gasteiger partial charge in [-0.05, 0) is 53.4 Å². The van der Waals surface area contributed by atoms with Gasteiger partial charge in [0.05, 0.1) is 18.3 Å². The molecule has 27 heavy (non-hydrogen) atoms. The number of carbonyl (C=O) groups excluding carboxylic acids is 1. The quantitative estimate of drug-likeness (QED) is 0.602. The minimum absolute atomic E-state index is 0.0492. The van der Waals surface area contributed by atoms with Crippen molar-refractivity contribution < 1.29 is 13.9 Å². The molecule has 0 aliphatic carbocycles. The van der Waals surface area contributed by atoms with E-state index < -0.39 is 5.60 Å². The molecule has 2 unspecified atom stereocenters. The first-order valence-electron chi connectivity index (χ1n) is 9.34. The summed E-state index contributed by atoms with van der Waals surface area (Å²) >= 11 is 0. The van der Waals surface area contributed by atoms with Gasteiger partial charge in [0.25, 0.3) is 0 Å². The van der Waals surface area contributed by atoms with Crippen LogP contribution < -0.4 is 10.6 Å². The predicted molar refractivity (Wildman–Crippen MR) is 106 cm³/mol. The van der Waals surface area contributed by atoms with E-state index in [1.54, 1.807) is 13.3 Å².